The van der Waals surface area contributed by atoms with Crippen LogP contribution in [-0.4, -0.2) is 25.2 Å². The van der Waals surface area contributed by atoms with Crippen molar-refractivity contribution in [3.63, 3.8) is 0 Å². The summed E-state index contributed by atoms with van der Waals surface area (Å²) in [5.41, 5.74) is 11.3. The molecule has 0 spiro atoms. The van der Waals surface area contributed by atoms with Crippen molar-refractivity contribution < 1.29 is 40.5 Å². The van der Waals surface area contributed by atoms with Crippen molar-refractivity contribution in [2.75, 3.05) is 13.2 Å². The van der Waals surface area contributed by atoms with Crippen LogP contribution in [0.15, 0.2) is 0 Å². The normalized spacial score (nSPS) is 11.8. The molecule has 4 nitrogen and oxygen atoms in total. The largest absolute Gasteiger partial charge is 1.00 e. The van der Waals surface area contributed by atoms with Crippen LogP contribution in [-0.2, 0) is 9.53 Å². The van der Waals surface area contributed by atoms with E-state index in [9.17, 15) is 4.79 Å². The predicted octanol–water partition coefficient (Wildman–Crippen LogP) is 3.36. The van der Waals surface area contributed by atoms with Crippen molar-refractivity contribution in [1.29, 1.82) is 0 Å². The summed E-state index contributed by atoms with van der Waals surface area (Å²) in [5, 5.41) is 0. The SMILES string of the molecule is CCCCCCCCCCCCCCCCCCOC(=O)[C@@H](N)CCCCN.[H-].[Na+]. The number of carbonyl (C=O) groups is 1. The van der Waals surface area contributed by atoms with Gasteiger partial charge in [-0.25, -0.2) is 0 Å². The maximum Gasteiger partial charge on any atom is 1.00 e. The number of esters is 1. The van der Waals surface area contributed by atoms with Crippen molar-refractivity contribution >= 4 is 5.97 Å². The number of hydrogen-bond acceptors (Lipinski definition) is 4. The molecule has 0 rings (SSSR count). The van der Waals surface area contributed by atoms with E-state index < -0.39 is 6.04 Å². The van der Waals surface area contributed by atoms with E-state index in [0.29, 0.717) is 19.6 Å². The minimum atomic E-state index is -0.479. The van der Waals surface area contributed by atoms with Gasteiger partial charge in [0.2, 0.25) is 0 Å². The number of ether oxygens (including phenoxy) is 1. The Morgan fingerprint density at radius 1 is 0.724 bits per heavy atom. The first-order valence-corrected chi connectivity index (χ1v) is 12.3. The summed E-state index contributed by atoms with van der Waals surface area (Å²) >= 11 is 0. The molecule has 0 aliphatic heterocycles. The maximum absolute atomic E-state index is 11.7. The Kier molecular flexibility index (Phi) is 28.8. The van der Waals surface area contributed by atoms with Crippen LogP contribution < -0.4 is 41.0 Å². The van der Waals surface area contributed by atoms with Crippen LogP contribution in [0.5, 0.6) is 0 Å². The van der Waals surface area contributed by atoms with Crippen LogP contribution in [0.4, 0.5) is 0 Å². The molecule has 0 aliphatic rings. The molecule has 0 radical (unpaired) electrons. The predicted molar refractivity (Wildman–Crippen MR) is 122 cm³/mol. The third kappa shape index (κ3) is 24.5. The second-order valence-electron chi connectivity index (χ2n) is 8.36. The number of nitrogens with two attached hydrogens (primary N) is 2. The first-order chi connectivity index (χ1) is 13.7. The van der Waals surface area contributed by atoms with Crippen molar-refractivity contribution in [3.8, 4) is 0 Å². The summed E-state index contributed by atoms with van der Waals surface area (Å²) in [6.07, 6.45) is 24.1. The van der Waals surface area contributed by atoms with Crippen LogP contribution in [0.2, 0.25) is 0 Å². The minimum absolute atomic E-state index is 0. The molecule has 0 fully saturated rings. The van der Waals surface area contributed by atoms with Crippen LogP contribution >= 0.6 is 0 Å². The van der Waals surface area contributed by atoms with Crippen molar-refractivity contribution in [2.24, 2.45) is 11.5 Å². The van der Waals surface area contributed by atoms with Gasteiger partial charge in [0.25, 0.3) is 0 Å². The molecular weight excluding hydrogens is 371 g/mol. The summed E-state index contributed by atoms with van der Waals surface area (Å²) < 4.78 is 5.26. The Morgan fingerprint density at radius 3 is 1.55 bits per heavy atom. The Hall–Kier alpha value is 0.390. The molecule has 0 bridgehead atoms. The van der Waals surface area contributed by atoms with Gasteiger partial charge >= 0.3 is 35.5 Å². The molecule has 170 valence electrons. The van der Waals surface area contributed by atoms with Gasteiger partial charge in [-0.3, -0.25) is 4.79 Å². The van der Waals surface area contributed by atoms with Crippen LogP contribution in [0, 0.1) is 0 Å². The Bertz CT molecular complexity index is 336. The Labute approximate surface area is 205 Å². The van der Waals surface area contributed by atoms with Crippen LogP contribution in [0.1, 0.15) is 130 Å². The monoisotopic (exact) mass is 422 g/mol. The van der Waals surface area contributed by atoms with E-state index in [1.54, 1.807) is 0 Å². The van der Waals surface area contributed by atoms with Gasteiger partial charge < -0.3 is 17.6 Å². The molecule has 0 saturated heterocycles. The van der Waals surface area contributed by atoms with Gasteiger partial charge in [-0.1, -0.05) is 110 Å². The first-order valence-electron chi connectivity index (χ1n) is 12.3. The second-order valence-corrected chi connectivity index (χ2v) is 8.36. The fourth-order valence-electron chi connectivity index (χ4n) is 3.56. The van der Waals surface area contributed by atoms with E-state index in [4.69, 9.17) is 16.2 Å². The smallest absolute Gasteiger partial charge is 1.00 e. The molecule has 0 aliphatic carbocycles. The quantitative estimate of drug-likeness (QED) is 0.159. The third-order valence-corrected chi connectivity index (χ3v) is 5.51. The van der Waals surface area contributed by atoms with E-state index in [0.717, 1.165) is 25.7 Å². The van der Waals surface area contributed by atoms with E-state index in [2.05, 4.69) is 6.92 Å². The minimum Gasteiger partial charge on any atom is -1.00 e. The molecule has 1 atom stereocenters. The zero-order valence-corrected chi connectivity index (χ0v) is 21.9. The molecule has 0 saturated carbocycles. The van der Waals surface area contributed by atoms with Gasteiger partial charge in [-0.05, 0) is 25.8 Å². The molecule has 4 N–H and O–H groups in total. The standard InChI is InChI=1S/C24H50N2O2.Na.H/c1-2-3-4-5-6-7-8-9-10-11-12-13-14-15-16-19-22-28-24(27)23(26)20-17-18-21-25;;/h23H,2-22,25-26H2,1H3;;/q;+1;-1/t23-;;/m0../s1. The summed E-state index contributed by atoms with van der Waals surface area (Å²) in [4.78, 5) is 11.7. The number of hydrogen-bond donors (Lipinski definition) is 2. The van der Waals surface area contributed by atoms with Crippen LogP contribution in [0.25, 0.3) is 0 Å². The fraction of sp³-hybridized carbons (Fsp3) is 0.958. The van der Waals surface area contributed by atoms with Crippen molar-refractivity contribution in [2.45, 2.75) is 135 Å². The third-order valence-electron chi connectivity index (χ3n) is 5.51. The van der Waals surface area contributed by atoms with E-state index in [1.807, 2.05) is 0 Å². The Morgan fingerprint density at radius 2 is 1.14 bits per heavy atom. The van der Waals surface area contributed by atoms with Crippen molar-refractivity contribution in [3.05, 3.63) is 0 Å². The number of rotatable bonds is 22. The molecule has 5 heteroatoms. The van der Waals surface area contributed by atoms with Gasteiger partial charge in [0.1, 0.15) is 6.04 Å². The maximum atomic E-state index is 11.7. The topological polar surface area (TPSA) is 78.3 Å². The van der Waals surface area contributed by atoms with E-state index in [-0.39, 0.29) is 37.0 Å². The molecular formula is C24H51N2NaO2. The summed E-state index contributed by atoms with van der Waals surface area (Å²) in [6.45, 7) is 3.45. The molecule has 0 aromatic heterocycles. The zero-order chi connectivity index (χ0) is 20.7. The molecule has 0 aromatic rings. The average Bonchev–Trinajstić information content (AvgIpc) is 2.70. The van der Waals surface area contributed by atoms with Gasteiger partial charge in [0.15, 0.2) is 0 Å². The molecule has 0 heterocycles. The number of carbonyl (C=O) groups excluding carboxylic acids is 1. The number of unbranched alkanes of at least 4 members (excludes halogenated alkanes) is 16. The average molecular weight is 423 g/mol. The van der Waals surface area contributed by atoms with Gasteiger partial charge in [0, 0.05) is 0 Å². The second kappa shape index (κ2) is 26.4. The molecule has 0 unspecified atom stereocenters. The van der Waals surface area contributed by atoms with Gasteiger partial charge in [-0.2, -0.15) is 0 Å². The van der Waals surface area contributed by atoms with Crippen LogP contribution in [0.3, 0.4) is 0 Å². The molecule has 0 amide bonds. The van der Waals surface area contributed by atoms with E-state index in [1.165, 1.54) is 89.9 Å². The Balaban J connectivity index is -0.00000364. The van der Waals surface area contributed by atoms with Crippen molar-refractivity contribution in [1.82, 2.24) is 0 Å². The summed E-state index contributed by atoms with van der Waals surface area (Å²) in [5.74, 6) is -0.252. The fourth-order valence-corrected chi connectivity index (χ4v) is 3.56. The van der Waals surface area contributed by atoms with Gasteiger partial charge in [0.05, 0.1) is 6.61 Å². The molecule has 29 heavy (non-hydrogen) atoms. The molecule has 0 aromatic carbocycles. The van der Waals surface area contributed by atoms with Gasteiger partial charge in [-0.15, -0.1) is 0 Å². The zero-order valence-electron chi connectivity index (χ0n) is 20.9. The summed E-state index contributed by atoms with van der Waals surface area (Å²) in [7, 11) is 0. The van der Waals surface area contributed by atoms with E-state index >= 15 is 0 Å². The first kappa shape index (κ1) is 31.6. The summed E-state index contributed by atoms with van der Waals surface area (Å²) in [6, 6.07) is -0.479.